The maximum Gasteiger partial charge on any atom is 0.0464 e. The van der Waals surface area contributed by atoms with Crippen molar-refractivity contribution in [2.45, 2.75) is 20.4 Å². The summed E-state index contributed by atoms with van der Waals surface area (Å²) in [4.78, 5) is 0. The Balaban J connectivity index is 3.04. The molecule has 0 fully saturated rings. The first-order chi connectivity index (χ1) is 5.65. The van der Waals surface area contributed by atoms with Crippen LogP contribution in [-0.4, -0.2) is 7.05 Å². The predicted molar refractivity (Wildman–Crippen MR) is 53.7 cm³/mol. The highest BCUT2D eigenvalue weighted by Crippen LogP contribution is 2.21. The summed E-state index contributed by atoms with van der Waals surface area (Å²) in [6.45, 7) is 4.97. The zero-order valence-electron chi connectivity index (χ0n) is 7.74. The van der Waals surface area contributed by atoms with Crippen molar-refractivity contribution in [1.82, 2.24) is 5.32 Å². The van der Waals surface area contributed by atoms with Gasteiger partial charge in [-0.25, -0.2) is 0 Å². The topological polar surface area (TPSA) is 12.0 Å². The van der Waals surface area contributed by atoms with Crippen LogP contribution >= 0.6 is 11.6 Å². The van der Waals surface area contributed by atoms with Gasteiger partial charge in [0.2, 0.25) is 0 Å². The van der Waals surface area contributed by atoms with E-state index in [1.54, 1.807) is 0 Å². The van der Waals surface area contributed by atoms with Crippen LogP contribution < -0.4 is 5.32 Å². The molecule has 0 spiro atoms. The number of rotatable bonds is 2. The lowest BCUT2D eigenvalue weighted by atomic mass is 10.1. The molecule has 0 amide bonds. The summed E-state index contributed by atoms with van der Waals surface area (Å²) in [7, 11) is 1.94. The zero-order valence-corrected chi connectivity index (χ0v) is 8.50. The molecule has 1 rings (SSSR count). The van der Waals surface area contributed by atoms with Gasteiger partial charge >= 0.3 is 0 Å². The third-order valence-corrected chi connectivity index (χ3v) is 2.47. The smallest absolute Gasteiger partial charge is 0.0464 e. The summed E-state index contributed by atoms with van der Waals surface area (Å²) < 4.78 is 0. The third kappa shape index (κ3) is 1.99. The van der Waals surface area contributed by atoms with Crippen LogP contribution in [0.25, 0.3) is 0 Å². The molecule has 0 aliphatic rings. The number of nitrogens with one attached hydrogen (secondary N) is 1. The van der Waals surface area contributed by atoms with E-state index in [-0.39, 0.29) is 0 Å². The number of halogens is 1. The summed E-state index contributed by atoms with van der Waals surface area (Å²) >= 11 is 6.03. The van der Waals surface area contributed by atoms with Gasteiger partial charge in [0, 0.05) is 11.6 Å². The first kappa shape index (κ1) is 9.56. The highest BCUT2D eigenvalue weighted by Gasteiger charge is 2.01. The van der Waals surface area contributed by atoms with Crippen molar-refractivity contribution in [3.63, 3.8) is 0 Å². The molecule has 0 aliphatic carbocycles. The third-order valence-electron chi connectivity index (χ3n) is 1.88. The molecule has 0 radical (unpaired) electrons. The van der Waals surface area contributed by atoms with Gasteiger partial charge in [0.1, 0.15) is 0 Å². The number of hydrogen-bond acceptors (Lipinski definition) is 1. The van der Waals surface area contributed by atoms with E-state index in [1.165, 1.54) is 5.56 Å². The first-order valence-electron chi connectivity index (χ1n) is 4.05. The molecule has 0 heterocycles. The van der Waals surface area contributed by atoms with Crippen molar-refractivity contribution >= 4 is 11.6 Å². The second-order valence-electron chi connectivity index (χ2n) is 3.07. The summed E-state index contributed by atoms with van der Waals surface area (Å²) in [6.07, 6.45) is 0. The lowest BCUT2D eigenvalue weighted by Gasteiger charge is -2.06. The van der Waals surface area contributed by atoms with E-state index >= 15 is 0 Å². The molecule has 1 N–H and O–H groups in total. The van der Waals surface area contributed by atoms with Crippen LogP contribution in [0.2, 0.25) is 5.02 Å². The SMILES string of the molecule is CNCc1cc(C)c(Cl)c(C)c1. The quantitative estimate of drug-likeness (QED) is 0.744. The van der Waals surface area contributed by atoms with E-state index in [0.29, 0.717) is 0 Å². The largest absolute Gasteiger partial charge is 0.316 e. The van der Waals surface area contributed by atoms with Gasteiger partial charge in [-0.3, -0.25) is 0 Å². The van der Waals surface area contributed by atoms with Crippen molar-refractivity contribution in [1.29, 1.82) is 0 Å². The van der Waals surface area contributed by atoms with Gasteiger partial charge in [0.15, 0.2) is 0 Å². The van der Waals surface area contributed by atoms with Gasteiger partial charge < -0.3 is 5.32 Å². The summed E-state index contributed by atoms with van der Waals surface area (Å²) in [5, 5.41) is 4.00. The summed E-state index contributed by atoms with van der Waals surface area (Å²) in [5.74, 6) is 0. The zero-order chi connectivity index (χ0) is 9.14. The Labute approximate surface area is 78.7 Å². The highest BCUT2D eigenvalue weighted by atomic mass is 35.5. The van der Waals surface area contributed by atoms with Crippen LogP contribution in [0.3, 0.4) is 0 Å². The molecule has 2 heteroatoms. The minimum absolute atomic E-state index is 0.884. The molecule has 0 bridgehead atoms. The molecule has 0 aliphatic heterocycles. The van der Waals surface area contributed by atoms with Gasteiger partial charge in [0.05, 0.1) is 0 Å². The van der Waals surface area contributed by atoms with E-state index in [1.807, 2.05) is 20.9 Å². The molecular formula is C10H14ClN. The van der Waals surface area contributed by atoms with E-state index in [0.717, 1.165) is 22.7 Å². The molecule has 0 atom stereocenters. The Morgan fingerprint density at radius 2 is 1.75 bits per heavy atom. The molecule has 1 aromatic carbocycles. The summed E-state index contributed by atoms with van der Waals surface area (Å²) in [5.41, 5.74) is 3.60. The van der Waals surface area contributed by atoms with Crippen LogP contribution in [0.15, 0.2) is 12.1 Å². The van der Waals surface area contributed by atoms with Gasteiger partial charge in [-0.05, 0) is 37.6 Å². The molecule has 1 aromatic rings. The van der Waals surface area contributed by atoms with Gasteiger partial charge in [0.25, 0.3) is 0 Å². The predicted octanol–water partition coefficient (Wildman–Crippen LogP) is 2.68. The van der Waals surface area contributed by atoms with E-state index < -0.39 is 0 Å². The second kappa shape index (κ2) is 3.92. The molecule has 0 saturated heterocycles. The van der Waals surface area contributed by atoms with E-state index in [2.05, 4.69) is 17.4 Å². The maximum atomic E-state index is 6.03. The fraction of sp³-hybridized carbons (Fsp3) is 0.400. The van der Waals surface area contributed by atoms with Crippen molar-refractivity contribution in [2.24, 2.45) is 0 Å². The molecule has 1 nitrogen and oxygen atoms in total. The molecular weight excluding hydrogens is 170 g/mol. The van der Waals surface area contributed by atoms with Crippen LogP contribution in [0.4, 0.5) is 0 Å². The minimum atomic E-state index is 0.884. The molecule has 0 aromatic heterocycles. The minimum Gasteiger partial charge on any atom is -0.316 e. The first-order valence-corrected chi connectivity index (χ1v) is 4.43. The molecule has 66 valence electrons. The van der Waals surface area contributed by atoms with Crippen LogP contribution in [0.5, 0.6) is 0 Å². The number of hydrogen-bond donors (Lipinski definition) is 1. The molecule has 0 saturated carbocycles. The Hall–Kier alpha value is -0.530. The molecule has 0 unspecified atom stereocenters. The lowest BCUT2D eigenvalue weighted by molar-refractivity contribution is 0.816. The van der Waals surface area contributed by atoms with Crippen LogP contribution in [-0.2, 0) is 6.54 Å². The van der Waals surface area contributed by atoms with Gasteiger partial charge in [-0.15, -0.1) is 0 Å². The Bertz CT molecular complexity index is 258. The fourth-order valence-electron chi connectivity index (χ4n) is 1.34. The average molecular weight is 184 g/mol. The van der Waals surface area contributed by atoms with E-state index in [9.17, 15) is 0 Å². The Morgan fingerprint density at radius 1 is 1.25 bits per heavy atom. The molecule has 12 heavy (non-hydrogen) atoms. The summed E-state index contributed by atoms with van der Waals surface area (Å²) in [6, 6.07) is 4.23. The van der Waals surface area contributed by atoms with Gasteiger partial charge in [-0.1, -0.05) is 23.7 Å². The normalized spacial score (nSPS) is 10.3. The van der Waals surface area contributed by atoms with Crippen molar-refractivity contribution in [3.8, 4) is 0 Å². The van der Waals surface area contributed by atoms with Crippen LogP contribution in [0, 0.1) is 13.8 Å². The highest BCUT2D eigenvalue weighted by molar-refractivity contribution is 6.32. The fourth-order valence-corrected chi connectivity index (χ4v) is 1.45. The Morgan fingerprint density at radius 3 is 2.17 bits per heavy atom. The maximum absolute atomic E-state index is 6.03. The van der Waals surface area contributed by atoms with Gasteiger partial charge in [-0.2, -0.15) is 0 Å². The van der Waals surface area contributed by atoms with Crippen molar-refractivity contribution in [3.05, 3.63) is 33.8 Å². The van der Waals surface area contributed by atoms with Crippen molar-refractivity contribution < 1.29 is 0 Å². The monoisotopic (exact) mass is 183 g/mol. The van der Waals surface area contributed by atoms with E-state index in [4.69, 9.17) is 11.6 Å². The number of aryl methyl sites for hydroxylation is 2. The lowest BCUT2D eigenvalue weighted by Crippen LogP contribution is -2.05. The van der Waals surface area contributed by atoms with Crippen LogP contribution in [0.1, 0.15) is 16.7 Å². The standard InChI is InChI=1S/C10H14ClN/c1-7-4-9(6-12-3)5-8(2)10(7)11/h4-5,12H,6H2,1-3H3. The number of benzene rings is 1. The van der Waals surface area contributed by atoms with Crippen molar-refractivity contribution in [2.75, 3.05) is 7.05 Å². The Kier molecular flexibility index (Phi) is 3.12. The average Bonchev–Trinajstić information content (AvgIpc) is 2.01. The second-order valence-corrected chi connectivity index (χ2v) is 3.45.